The van der Waals surface area contributed by atoms with E-state index in [2.05, 4.69) is 21.2 Å². The lowest BCUT2D eigenvalue weighted by molar-refractivity contribution is -0.136. The Morgan fingerprint density at radius 1 is 1.45 bits per heavy atom. The Bertz CT molecular complexity index is 493. The summed E-state index contributed by atoms with van der Waals surface area (Å²) in [5.74, 6) is -0.250. The first kappa shape index (κ1) is 16.3. The van der Waals surface area contributed by atoms with Crippen LogP contribution in [0.1, 0.15) is 12.0 Å². The van der Waals surface area contributed by atoms with E-state index >= 15 is 0 Å². The first-order chi connectivity index (χ1) is 9.43. The number of urea groups is 1. The molecule has 2 N–H and O–H groups in total. The zero-order chi connectivity index (χ0) is 15.1. The van der Waals surface area contributed by atoms with Crippen LogP contribution in [0.2, 0.25) is 0 Å². The van der Waals surface area contributed by atoms with Gasteiger partial charge in [-0.15, -0.1) is 0 Å². The van der Waals surface area contributed by atoms with E-state index < -0.39 is 5.97 Å². The first-order valence-corrected chi connectivity index (χ1v) is 6.76. The lowest BCUT2D eigenvalue weighted by atomic mass is 10.2. The molecule has 0 bridgehead atoms. The summed E-state index contributed by atoms with van der Waals surface area (Å²) in [5.41, 5.74) is 0.859. The molecule has 1 aromatic carbocycles. The molecule has 6 nitrogen and oxygen atoms in total. The van der Waals surface area contributed by atoms with E-state index in [0.29, 0.717) is 12.3 Å². The maximum absolute atomic E-state index is 11.8. The normalized spacial score (nSPS) is 9.95. The van der Waals surface area contributed by atoms with Gasteiger partial charge in [-0.1, -0.05) is 15.9 Å². The number of carboxylic acids is 1. The zero-order valence-corrected chi connectivity index (χ0v) is 12.9. The smallest absolute Gasteiger partial charge is 0.317 e. The van der Waals surface area contributed by atoms with Gasteiger partial charge in [0.2, 0.25) is 0 Å². The lowest BCUT2D eigenvalue weighted by Crippen LogP contribution is -2.37. The Morgan fingerprint density at radius 2 is 2.15 bits per heavy atom. The number of halogens is 1. The number of hydrogen-bond acceptors (Lipinski definition) is 3. The van der Waals surface area contributed by atoms with Crippen molar-refractivity contribution in [2.75, 3.05) is 20.7 Å². The molecular formula is C13H17BrN2O4. The van der Waals surface area contributed by atoms with E-state index in [1.807, 2.05) is 18.2 Å². The van der Waals surface area contributed by atoms with Crippen LogP contribution in [0.4, 0.5) is 4.79 Å². The van der Waals surface area contributed by atoms with Crippen LogP contribution < -0.4 is 10.1 Å². The largest absolute Gasteiger partial charge is 0.496 e. The molecule has 0 saturated heterocycles. The molecule has 0 fully saturated rings. The number of nitrogens with zero attached hydrogens (tertiary/aromatic N) is 1. The highest BCUT2D eigenvalue weighted by molar-refractivity contribution is 9.10. The average Bonchev–Trinajstić information content (AvgIpc) is 2.38. The van der Waals surface area contributed by atoms with Gasteiger partial charge in [0.1, 0.15) is 5.75 Å². The van der Waals surface area contributed by atoms with Crippen molar-refractivity contribution in [2.24, 2.45) is 0 Å². The van der Waals surface area contributed by atoms with Crippen LogP contribution in [-0.2, 0) is 11.3 Å². The van der Waals surface area contributed by atoms with Gasteiger partial charge in [0.05, 0.1) is 20.1 Å². The minimum Gasteiger partial charge on any atom is -0.496 e. The quantitative estimate of drug-likeness (QED) is 0.827. The second-order valence-corrected chi connectivity index (χ2v) is 5.10. The maximum atomic E-state index is 11.8. The van der Waals surface area contributed by atoms with Crippen LogP contribution in [0, 0.1) is 0 Å². The van der Waals surface area contributed by atoms with Crippen LogP contribution in [-0.4, -0.2) is 42.7 Å². The summed E-state index contributed by atoms with van der Waals surface area (Å²) < 4.78 is 6.13. The summed E-state index contributed by atoms with van der Waals surface area (Å²) in [7, 11) is 3.20. The lowest BCUT2D eigenvalue weighted by Gasteiger charge is -2.19. The van der Waals surface area contributed by atoms with Crippen molar-refractivity contribution >= 4 is 27.9 Å². The number of rotatable bonds is 6. The van der Waals surface area contributed by atoms with Gasteiger partial charge in [0.25, 0.3) is 0 Å². The van der Waals surface area contributed by atoms with E-state index in [9.17, 15) is 9.59 Å². The van der Waals surface area contributed by atoms with Crippen LogP contribution in [0.5, 0.6) is 5.75 Å². The third kappa shape index (κ3) is 5.08. The Balaban J connectivity index is 2.61. The van der Waals surface area contributed by atoms with E-state index in [4.69, 9.17) is 9.84 Å². The molecule has 0 radical (unpaired) electrons. The van der Waals surface area contributed by atoms with Crippen molar-refractivity contribution in [1.29, 1.82) is 0 Å². The Labute approximate surface area is 125 Å². The number of methoxy groups -OCH3 is 1. The molecule has 1 aromatic rings. The third-order valence-electron chi connectivity index (χ3n) is 2.61. The van der Waals surface area contributed by atoms with E-state index in [1.165, 1.54) is 4.90 Å². The molecule has 0 atom stereocenters. The molecule has 7 heteroatoms. The molecule has 0 aromatic heterocycles. The van der Waals surface area contributed by atoms with E-state index in [-0.39, 0.29) is 19.0 Å². The van der Waals surface area contributed by atoms with Crippen molar-refractivity contribution in [1.82, 2.24) is 10.2 Å². The number of carboxylic acid groups (broad SMARTS) is 1. The number of benzene rings is 1. The molecule has 110 valence electrons. The van der Waals surface area contributed by atoms with Crippen molar-refractivity contribution in [2.45, 2.75) is 13.0 Å². The van der Waals surface area contributed by atoms with Gasteiger partial charge in [0, 0.05) is 23.6 Å². The first-order valence-electron chi connectivity index (χ1n) is 5.97. The fraction of sp³-hybridized carbons (Fsp3) is 0.385. The monoisotopic (exact) mass is 344 g/mol. The molecule has 0 saturated carbocycles. The minimum atomic E-state index is -0.943. The van der Waals surface area contributed by atoms with Crippen molar-refractivity contribution in [3.05, 3.63) is 28.2 Å². The van der Waals surface area contributed by atoms with Gasteiger partial charge < -0.3 is 20.1 Å². The number of amides is 2. The van der Waals surface area contributed by atoms with E-state index in [0.717, 1.165) is 10.0 Å². The molecule has 20 heavy (non-hydrogen) atoms. The fourth-order valence-electron chi connectivity index (χ4n) is 1.61. The van der Waals surface area contributed by atoms with Gasteiger partial charge in [0.15, 0.2) is 0 Å². The molecule has 2 amide bonds. The number of nitrogens with one attached hydrogen (secondary N) is 1. The molecule has 0 aliphatic heterocycles. The van der Waals surface area contributed by atoms with Gasteiger partial charge in [-0.2, -0.15) is 0 Å². The molecular weight excluding hydrogens is 328 g/mol. The number of hydrogen-bond donors (Lipinski definition) is 2. The predicted molar refractivity (Wildman–Crippen MR) is 77.8 cm³/mol. The van der Waals surface area contributed by atoms with Crippen LogP contribution in [0.3, 0.4) is 0 Å². The fourth-order valence-corrected chi connectivity index (χ4v) is 2.02. The second kappa shape index (κ2) is 7.74. The Kier molecular flexibility index (Phi) is 6.30. The van der Waals surface area contributed by atoms with Gasteiger partial charge in [-0.25, -0.2) is 4.79 Å². The average molecular weight is 345 g/mol. The van der Waals surface area contributed by atoms with Gasteiger partial charge in [-0.05, 0) is 18.2 Å². The Morgan fingerprint density at radius 3 is 2.75 bits per heavy atom. The molecule has 0 spiro atoms. The number of aliphatic carboxylic acids is 1. The SMILES string of the molecule is COc1ccc(Br)cc1CN(C)C(=O)NCCC(=O)O. The number of carbonyl (C=O) groups excluding carboxylic acids is 1. The highest BCUT2D eigenvalue weighted by Crippen LogP contribution is 2.23. The molecule has 1 rings (SSSR count). The summed E-state index contributed by atoms with van der Waals surface area (Å²) in [6.45, 7) is 0.468. The highest BCUT2D eigenvalue weighted by atomic mass is 79.9. The van der Waals surface area contributed by atoms with Gasteiger partial charge >= 0.3 is 12.0 Å². The molecule has 0 aliphatic carbocycles. The molecule has 0 unspecified atom stereocenters. The zero-order valence-electron chi connectivity index (χ0n) is 11.4. The number of ether oxygens (including phenoxy) is 1. The Hall–Kier alpha value is -1.76. The summed E-state index contributed by atoms with van der Waals surface area (Å²) in [6, 6.07) is 5.22. The minimum absolute atomic E-state index is 0.0974. The van der Waals surface area contributed by atoms with Crippen molar-refractivity contribution in [3.63, 3.8) is 0 Å². The summed E-state index contributed by atoms with van der Waals surface area (Å²) in [4.78, 5) is 23.6. The summed E-state index contributed by atoms with van der Waals surface area (Å²) in [5, 5.41) is 11.1. The third-order valence-corrected chi connectivity index (χ3v) is 3.11. The topological polar surface area (TPSA) is 78.9 Å². The van der Waals surface area contributed by atoms with Crippen molar-refractivity contribution in [3.8, 4) is 5.75 Å². The predicted octanol–water partition coefficient (Wildman–Crippen LogP) is 2.07. The maximum Gasteiger partial charge on any atom is 0.317 e. The van der Waals surface area contributed by atoms with E-state index in [1.54, 1.807) is 14.2 Å². The van der Waals surface area contributed by atoms with Crippen LogP contribution in [0.25, 0.3) is 0 Å². The second-order valence-electron chi connectivity index (χ2n) is 4.19. The molecule has 0 heterocycles. The van der Waals surface area contributed by atoms with Crippen LogP contribution in [0.15, 0.2) is 22.7 Å². The summed E-state index contributed by atoms with van der Waals surface area (Å²) >= 11 is 3.37. The van der Waals surface area contributed by atoms with Crippen LogP contribution >= 0.6 is 15.9 Å². The highest BCUT2D eigenvalue weighted by Gasteiger charge is 2.12. The van der Waals surface area contributed by atoms with Crippen molar-refractivity contribution < 1.29 is 19.4 Å². The number of carbonyl (C=O) groups is 2. The standard InChI is InChI=1S/C13H17BrN2O4/c1-16(13(19)15-6-5-12(17)18)8-9-7-10(14)3-4-11(9)20-2/h3-4,7H,5-6,8H2,1-2H3,(H,15,19)(H,17,18). The molecule has 0 aliphatic rings. The van der Waals surface area contributed by atoms with Gasteiger partial charge in [-0.3, -0.25) is 4.79 Å². The summed E-state index contributed by atoms with van der Waals surface area (Å²) in [6.07, 6.45) is -0.0974.